The summed E-state index contributed by atoms with van der Waals surface area (Å²) in [5.74, 6) is 2.15. The minimum absolute atomic E-state index is 0.0787. The van der Waals surface area contributed by atoms with E-state index in [1.165, 1.54) is 11.1 Å². The van der Waals surface area contributed by atoms with Gasteiger partial charge >= 0.3 is 0 Å². The molecule has 5 heteroatoms. The molecule has 0 saturated heterocycles. The van der Waals surface area contributed by atoms with E-state index in [0.29, 0.717) is 12.0 Å². The SMILES string of the molecule is C[C@H]1C[C@@H](O)[C@H](Nc2cc(N[C@H]3CCc4ccccc43)ncn2)C1. The lowest BCUT2D eigenvalue weighted by atomic mass is 10.1. The Morgan fingerprint density at radius 2 is 1.88 bits per heavy atom. The lowest BCUT2D eigenvalue weighted by Crippen LogP contribution is -2.28. The van der Waals surface area contributed by atoms with Crippen molar-refractivity contribution in [1.29, 1.82) is 0 Å². The van der Waals surface area contributed by atoms with Crippen LogP contribution in [-0.4, -0.2) is 27.2 Å². The van der Waals surface area contributed by atoms with Crippen LogP contribution < -0.4 is 10.6 Å². The summed E-state index contributed by atoms with van der Waals surface area (Å²) >= 11 is 0. The van der Waals surface area contributed by atoms with Gasteiger partial charge in [-0.25, -0.2) is 9.97 Å². The molecule has 24 heavy (non-hydrogen) atoms. The monoisotopic (exact) mass is 324 g/mol. The highest BCUT2D eigenvalue weighted by Gasteiger charge is 2.30. The average Bonchev–Trinajstić information content (AvgIpc) is 3.11. The summed E-state index contributed by atoms with van der Waals surface area (Å²) < 4.78 is 0. The Morgan fingerprint density at radius 1 is 1.08 bits per heavy atom. The molecule has 2 aliphatic carbocycles. The van der Waals surface area contributed by atoms with Gasteiger partial charge in [0.25, 0.3) is 0 Å². The third-order valence-electron chi connectivity index (χ3n) is 5.22. The van der Waals surface area contributed by atoms with Crippen LogP contribution in [0.3, 0.4) is 0 Å². The van der Waals surface area contributed by atoms with Gasteiger partial charge in [-0.15, -0.1) is 0 Å². The lowest BCUT2D eigenvalue weighted by Gasteiger charge is -2.18. The van der Waals surface area contributed by atoms with Crippen molar-refractivity contribution < 1.29 is 5.11 Å². The summed E-state index contributed by atoms with van der Waals surface area (Å²) in [5, 5.41) is 17.0. The first-order chi connectivity index (χ1) is 11.7. The molecular weight excluding hydrogens is 300 g/mol. The molecule has 1 heterocycles. The van der Waals surface area contributed by atoms with E-state index in [2.05, 4.69) is 51.8 Å². The van der Waals surface area contributed by atoms with Gasteiger partial charge in [-0.05, 0) is 42.7 Å². The first-order valence-corrected chi connectivity index (χ1v) is 8.80. The Kier molecular flexibility index (Phi) is 4.10. The number of benzene rings is 1. The van der Waals surface area contributed by atoms with Gasteiger partial charge < -0.3 is 15.7 Å². The number of nitrogens with zero attached hydrogens (tertiary/aromatic N) is 2. The molecule has 0 spiro atoms. The third-order valence-corrected chi connectivity index (χ3v) is 5.22. The van der Waals surface area contributed by atoms with E-state index in [0.717, 1.165) is 37.3 Å². The predicted octanol–water partition coefficient (Wildman–Crippen LogP) is 3.15. The number of aromatic nitrogens is 2. The van der Waals surface area contributed by atoms with Gasteiger partial charge in [-0.3, -0.25) is 0 Å². The Morgan fingerprint density at radius 3 is 2.67 bits per heavy atom. The van der Waals surface area contributed by atoms with Crippen LogP contribution in [0.15, 0.2) is 36.7 Å². The Bertz CT molecular complexity index is 720. The van der Waals surface area contributed by atoms with Crippen molar-refractivity contribution in [2.24, 2.45) is 5.92 Å². The standard InChI is InChI=1S/C19H24N4O/c1-12-8-16(17(24)9-12)23-19-10-18(20-11-21-19)22-15-7-6-13-4-2-3-5-14(13)15/h2-5,10-12,15-17,24H,6-9H2,1H3,(H2,20,21,22,23)/t12-,15+,16-,17-/m1/s1. The molecule has 0 aliphatic heterocycles. The predicted molar refractivity (Wildman–Crippen MR) is 95.0 cm³/mol. The van der Waals surface area contributed by atoms with E-state index in [1.807, 2.05) is 6.07 Å². The van der Waals surface area contributed by atoms with Crippen molar-refractivity contribution in [3.63, 3.8) is 0 Å². The van der Waals surface area contributed by atoms with Crippen LogP contribution in [0.4, 0.5) is 11.6 Å². The first kappa shape index (κ1) is 15.4. The summed E-state index contributed by atoms with van der Waals surface area (Å²) in [6.45, 7) is 2.18. The van der Waals surface area contributed by atoms with E-state index in [1.54, 1.807) is 6.33 Å². The van der Waals surface area contributed by atoms with Crippen molar-refractivity contribution >= 4 is 11.6 Å². The van der Waals surface area contributed by atoms with Gasteiger partial charge in [0, 0.05) is 6.07 Å². The molecular formula is C19H24N4O. The third kappa shape index (κ3) is 3.08. The van der Waals surface area contributed by atoms with Gasteiger partial charge in [-0.1, -0.05) is 31.2 Å². The van der Waals surface area contributed by atoms with Crippen LogP contribution in [0.2, 0.25) is 0 Å². The number of rotatable bonds is 4. The maximum Gasteiger partial charge on any atom is 0.131 e. The normalized spacial score (nSPS) is 28.6. The highest BCUT2D eigenvalue weighted by atomic mass is 16.3. The van der Waals surface area contributed by atoms with Crippen LogP contribution in [0.25, 0.3) is 0 Å². The zero-order chi connectivity index (χ0) is 16.5. The molecule has 3 N–H and O–H groups in total. The van der Waals surface area contributed by atoms with Crippen molar-refractivity contribution in [2.75, 3.05) is 10.6 Å². The van der Waals surface area contributed by atoms with E-state index in [-0.39, 0.29) is 12.1 Å². The zero-order valence-electron chi connectivity index (χ0n) is 13.9. The Hall–Kier alpha value is -2.14. The van der Waals surface area contributed by atoms with Gasteiger partial charge in [0.2, 0.25) is 0 Å². The van der Waals surface area contributed by atoms with Crippen molar-refractivity contribution in [3.8, 4) is 0 Å². The Balaban J connectivity index is 1.46. The first-order valence-electron chi connectivity index (χ1n) is 8.80. The second-order valence-corrected chi connectivity index (χ2v) is 7.12. The molecule has 0 bridgehead atoms. The number of aliphatic hydroxyl groups excluding tert-OH is 1. The quantitative estimate of drug-likeness (QED) is 0.806. The van der Waals surface area contributed by atoms with Crippen LogP contribution >= 0.6 is 0 Å². The fourth-order valence-corrected chi connectivity index (χ4v) is 4.01. The summed E-state index contributed by atoms with van der Waals surface area (Å²) in [5.41, 5.74) is 2.79. The maximum atomic E-state index is 10.1. The molecule has 2 aliphatic rings. The molecule has 126 valence electrons. The van der Waals surface area contributed by atoms with Crippen molar-refractivity contribution in [3.05, 3.63) is 47.8 Å². The lowest BCUT2D eigenvalue weighted by molar-refractivity contribution is 0.168. The van der Waals surface area contributed by atoms with Gasteiger partial charge in [-0.2, -0.15) is 0 Å². The molecule has 2 aromatic rings. The second kappa shape index (κ2) is 6.40. The Labute approximate surface area is 142 Å². The molecule has 0 unspecified atom stereocenters. The molecule has 5 nitrogen and oxygen atoms in total. The van der Waals surface area contributed by atoms with Crippen LogP contribution in [0, 0.1) is 5.92 Å². The highest BCUT2D eigenvalue weighted by molar-refractivity contribution is 5.50. The molecule has 1 aromatic heterocycles. The summed E-state index contributed by atoms with van der Waals surface area (Å²) in [6, 6.07) is 10.9. The molecule has 4 atom stereocenters. The topological polar surface area (TPSA) is 70.1 Å². The number of fused-ring (bicyclic) bond motifs is 1. The fraction of sp³-hybridized carbons (Fsp3) is 0.474. The number of hydrogen-bond donors (Lipinski definition) is 3. The summed E-state index contributed by atoms with van der Waals surface area (Å²) in [7, 11) is 0. The van der Waals surface area contributed by atoms with Crippen molar-refractivity contribution in [2.45, 2.75) is 50.8 Å². The zero-order valence-corrected chi connectivity index (χ0v) is 13.9. The molecule has 4 rings (SSSR count). The smallest absolute Gasteiger partial charge is 0.131 e. The van der Waals surface area contributed by atoms with E-state index in [9.17, 15) is 5.11 Å². The highest BCUT2D eigenvalue weighted by Crippen LogP contribution is 2.33. The van der Waals surface area contributed by atoms with Gasteiger partial charge in [0.1, 0.15) is 18.0 Å². The van der Waals surface area contributed by atoms with Crippen LogP contribution in [-0.2, 0) is 6.42 Å². The molecule has 0 amide bonds. The summed E-state index contributed by atoms with van der Waals surface area (Å²) in [4.78, 5) is 8.67. The maximum absolute atomic E-state index is 10.1. The molecule has 1 aromatic carbocycles. The molecule has 0 radical (unpaired) electrons. The largest absolute Gasteiger partial charge is 0.391 e. The van der Waals surface area contributed by atoms with E-state index in [4.69, 9.17) is 0 Å². The average molecular weight is 324 g/mol. The van der Waals surface area contributed by atoms with Crippen LogP contribution in [0.5, 0.6) is 0 Å². The number of anilines is 2. The number of hydrogen-bond acceptors (Lipinski definition) is 5. The van der Waals surface area contributed by atoms with Crippen molar-refractivity contribution in [1.82, 2.24) is 9.97 Å². The van der Waals surface area contributed by atoms with E-state index >= 15 is 0 Å². The molecule has 1 saturated carbocycles. The minimum Gasteiger partial charge on any atom is -0.391 e. The van der Waals surface area contributed by atoms with Gasteiger partial charge in [0.15, 0.2) is 0 Å². The van der Waals surface area contributed by atoms with E-state index < -0.39 is 0 Å². The molecule has 1 fully saturated rings. The number of aliphatic hydroxyl groups is 1. The number of aryl methyl sites for hydroxylation is 1. The van der Waals surface area contributed by atoms with Gasteiger partial charge in [0.05, 0.1) is 18.2 Å². The minimum atomic E-state index is -0.298. The second-order valence-electron chi connectivity index (χ2n) is 7.12. The van der Waals surface area contributed by atoms with Crippen LogP contribution in [0.1, 0.15) is 43.4 Å². The summed E-state index contributed by atoms with van der Waals surface area (Å²) in [6.07, 6.45) is 5.31. The fourth-order valence-electron chi connectivity index (χ4n) is 4.01. The number of nitrogens with one attached hydrogen (secondary N) is 2.